The number of rotatable bonds is 12. The van der Waals surface area contributed by atoms with Gasteiger partial charge in [-0.2, -0.15) is 0 Å². The first-order chi connectivity index (χ1) is 22.7. The second-order valence-corrected chi connectivity index (χ2v) is 12.5. The van der Waals surface area contributed by atoms with Gasteiger partial charge in [-0.1, -0.05) is 36.4 Å². The highest BCUT2D eigenvalue weighted by Gasteiger charge is 2.23. The van der Waals surface area contributed by atoms with Gasteiger partial charge in [0.1, 0.15) is 17.2 Å². The molecule has 0 radical (unpaired) electrons. The second kappa shape index (κ2) is 14.2. The van der Waals surface area contributed by atoms with E-state index in [9.17, 15) is 29.7 Å². The van der Waals surface area contributed by atoms with Crippen molar-refractivity contribution in [2.75, 3.05) is 0 Å². The van der Waals surface area contributed by atoms with Crippen LogP contribution in [-0.2, 0) is 38.9 Å². The van der Waals surface area contributed by atoms with Crippen LogP contribution in [0.1, 0.15) is 66.8 Å². The Kier molecular flexibility index (Phi) is 10.5. The minimum atomic E-state index is -0.819. The summed E-state index contributed by atoms with van der Waals surface area (Å²) in [5, 5.41) is 32.9. The third-order valence-corrected chi connectivity index (χ3v) is 9.36. The van der Waals surface area contributed by atoms with Crippen molar-refractivity contribution in [3.05, 3.63) is 154 Å². The third-order valence-electron chi connectivity index (χ3n) is 9.36. The molecule has 4 aromatic rings. The van der Waals surface area contributed by atoms with E-state index in [0.717, 1.165) is 30.4 Å². The van der Waals surface area contributed by atoms with Gasteiger partial charge in [0.05, 0.1) is 19.6 Å². The van der Waals surface area contributed by atoms with Crippen LogP contribution in [0.2, 0.25) is 0 Å². The van der Waals surface area contributed by atoms with Crippen molar-refractivity contribution in [3.63, 3.8) is 0 Å². The molecule has 0 aliphatic rings. The van der Waals surface area contributed by atoms with E-state index in [0.29, 0.717) is 69.3 Å². The number of aryl methyl sites for hydroxylation is 3. The van der Waals surface area contributed by atoms with Gasteiger partial charge in [0.2, 0.25) is 0 Å². The van der Waals surface area contributed by atoms with Gasteiger partial charge in [0.15, 0.2) is 0 Å². The van der Waals surface area contributed by atoms with Crippen molar-refractivity contribution in [1.29, 1.82) is 0 Å². The SMILES string of the molecule is C=CCc1cc(C)c(Cn2c(=O)n(Cc3c(C)cc(CC=C)c(O)c3C)c(=O)n(Cc3c(C)cc(CC=C)c(O)c3C)c2=O)c(C)c1O. The second-order valence-electron chi connectivity index (χ2n) is 12.5. The van der Waals surface area contributed by atoms with Crippen molar-refractivity contribution in [3.8, 4) is 17.2 Å². The molecule has 0 bridgehead atoms. The molecule has 0 fully saturated rings. The topological polar surface area (TPSA) is 127 Å². The van der Waals surface area contributed by atoms with Crippen LogP contribution in [-0.4, -0.2) is 29.0 Å². The van der Waals surface area contributed by atoms with Gasteiger partial charge in [0.25, 0.3) is 0 Å². The molecule has 9 heteroatoms. The number of allylic oxidation sites excluding steroid dienone is 3. The largest absolute Gasteiger partial charge is 0.507 e. The molecule has 3 N–H and O–H groups in total. The summed E-state index contributed by atoms with van der Waals surface area (Å²) in [5.74, 6) is 0.166. The van der Waals surface area contributed by atoms with Gasteiger partial charge in [-0.25, -0.2) is 28.1 Å². The average Bonchev–Trinajstić information content (AvgIpc) is 3.04. The quantitative estimate of drug-likeness (QED) is 0.175. The summed E-state index contributed by atoms with van der Waals surface area (Å²) in [6.45, 7) is 21.4. The van der Waals surface area contributed by atoms with E-state index in [1.807, 2.05) is 20.8 Å². The summed E-state index contributed by atoms with van der Waals surface area (Å²) in [6.07, 6.45) is 6.39. The number of phenols is 3. The lowest BCUT2D eigenvalue weighted by atomic mass is 9.96. The van der Waals surface area contributed by atoms with Gasteiger partial charge < -0.3 is 15.3 Å². The Balaban J connectivity index is 2.01. The van der Waals surface area contributed by atoms with Crippen LogP contribution >= 0.6 is 0 Å². The average molecular weight is 652 g/mol. The first kappa shape index (κ1) is 35.5. The molecule has 0 aliphatic carbocycles. The lowest BCUT2D eigenvalue weighted by molar-refractivity contribution is 0.457. The minimum Gasteiger partial charge on any atom is -0.507 e. The van der Waals surface area contributed by atoms with E-state index in [2.05, 4.69) is 19.7 Å². The first-order valence-electron chi connectivity index (χ1n) is 15.9. The molecule has 0 spiro atoms. The molecule has 0 unspecified atom stereocenters. The predicted octanol–water partition coefficient (Wildman–Crippen LogP) is 5.47. The van der Waals surface area contributed by atoms with E-state index < -0.39 is 17.1 Å². The van der Waals surface area contributed by atoms with Crippen molar-refractivity contribution < 1.29 is 15.3 Å². The fourth-order valence-electron chi connectivity index (χ4n) is 6.51. The highest BCUT2D eigenvalue weighted by molar-refractivity contribution is 5.51. The maximum absolute atomic E-state index is 14.2. The number of phenolic OH excluding ortho intramolecular Hbond substituents is 3. The number of aromatic nitrogens is 3. The fraction of sp³-hybridized carbons (Fsp3) is 0.308. The van der Waals surface area contributed by atoms with Crippen molar-refractivity contribution >= 4 is 0 Å². The molecule has 1 heterocycles. The number of hydrogen-bond donors (Lipinski definition) is 3. The normalized spacial score (nSPS) is 11.1. The number of aromatic hydroxyl groups is 3. The zero-order valence-corrected chi connectivity index (χ0v) is 28.7. The summed E-state index contributed by atoms with van der Waals surface area (Å²) in [7, 11) is 0. The highest BCUT2D eigenvalue weighted by Crippen LogP contribution is 2.32. The van der Waals surface area contributed by atoms with E-state index in [1.54, 1.807) is 57.2 Å². The van der Waals surface area contributed by atoms with Crippen LogP contribution < -0.4 is 17.1 Å². The summed E-state index contributed by atoms with van der Waals surface area (Å²) < 4.78 is 3.03. The lowest BCUT2D eigenvalue weighted by Crippen LogP contribution is -2.55. The Morgan fingerprint density at radius 3 is 0.938 bits per heavy atom. The Labute approximate surface area is 280 Å². The van der Waals surface area contributed by atoms with E-state index in [1.165, 1.54) is 0 Å². The smallest absolute Gasteiger partial charge is 0.336 e. The third kappa shape index (κ3) is 6.45. The molecular formula is C39H45N3O6. The zero-order valence-electron chi connectivity index (χ0n) is 28.7. The first-order valence-corrected chi connectivity index (χ1v) is 15.9. The van der Waals surface area contributed by atoms with E-state index in [4.69, 9.17) is 0 Å². The maximum atomic E-state index is 14.2. The molecule has 0 saturated heterocycles. The van der Waals surface area contributed by atoms with Crippen LogP contribution in [0.25, 0.3) is 0 Å². The number of nitrogens with zero attached hydrogens (tertiary/aromatic N) is 3. The predicted molar refractivity (Wildman–Crippen MR) is 191 cm³/mol. The minimum absolute atomic E-state index is 0.0554. The summed E-state index contributed by atoms with van der Waals surface area (Å²) in [4.78, 5) is 42.6. The van der Waals surface area contributed by atoms with Crippen molar-refractivity contribution in [1.82, 2.24) is 13.7 Å². The molecular weight excluding hydrogens is 606 g/mol. The Hall–Kier alpha value is -5.31. The van der Waals surface area contributed by atoms with E-state index >= 15 is 0 Å². The van der Waals surface area contributed by atoms with Crippen LogP contribution in [0.15, 0.2) is 70.5 Å². The molecule has 9 nitrogen and oxygen atoms in total. The van der Waals surface area contributed by atoms with Crippen LogP contribution in [0.5, 0.6) is 17.2 Å². The number of benzene rings is 3. The summed E-state index contributed by atoms with van der Waals surface area (Å²) >= 11 is 0. The zero-order chi connectivity index (χ0) is 35.6. The molecule has 3 aromatic carbocycles. The van der Waals surface area contributed by atoms with Gasteiger partial charge in [0, 0.05) is 0 Å². The molecule has 252 valence electrons. The Bertz CT molecular complexity index is 1870. The molecule has 1 aromatic heterocycles. The maximum Gasteiger partial charge on any atom is 0.336 e. The van der Waals surface area contributed by atoms with E-state index in [-0.39, 0.29) is 36.9 Å². The Morgan fingerprint density at radius 1 is 0.500 bits per heavy atom. The lowest BCUT2D eigenvalue weighted by Gasteiger charge is -2.20. The molecule has 0 amide bonds. The van der Waals surface area contributed by atoms with Gasteiger partial charge in [-0.3, -0.25) is 0 Å². The standard InChI is InChI=1S/C39H45N3O6/c1-10-13-28-16-22(4)31(25(7)34(28)43)19-40-37(46)41(20-32-23(5)17-29(14-11-2)35(44)26(32)8)39(48)42(38(40)47)21-33-24(6)18-30(15-12-3)36(45)27(33)9/h10-12,16-18,43-45H,1-3,13-15,19-21H2,4-9H3. The van der Waals surface area contributed by atoms with Crippen LogP contribution in [0.4, 0.5) is 0 Å². The molecule has 0 atom stereocenters. The Morgan fingerprint density at radius 2 is 0.729 bits per heavy atom. The monoisotopic (exact) mass is 651 g/mol. The molecule has 4 rings (SSSR count). The molecule has 48 heavy (non-hydrogen) atoms. The fourth-order valence-corrected chi connectivity index (χ4v) is 6.51. The summed E-state index contributed by atoms with van der Waals surface area (Å²) in [6, 6.07) is 5.42. The van der Waals surface area contributed by atoms with Gasteiger partial charge in [-0.05, 0) is 128 Å². The molecule has 0 aliphatic heterocycles. The highest BCUT2D eigenvalue weighted by atomic mass is 16.3. The van der Waals surface area contributed by atoms with Crippen LogP contribution in [0, 0.1) is 41.5 Å². The van der Waals surface area contributed by atoms with Crippen LogP contribution in [0.3, 0.4) is 0 Å². The van der Waals surface area contributed by atoms with Gasteiger partial charge >= 0.3 is 17.1 Å². The number of hydrogen-bond acceptors (Lipinski definition) is 6. The van der Waals surface area contributed by atoms with Gasteiger partial charge in [-0.15, -0.1) is 19.7 Å². The molecule has 0 saturated carbocycles. The van der Waals surface area contributed by atoms with Crippen molar-refractivity contribution in [2.45, 2.75) is 80.4 Å². The summed E-state index contributed by atoms with van der Waals surface area (Å²) in [5.41, 5.74) is 5.16. The van der Waals surface area contributed by atoms with Crippen molar-refractivity contribution in [2.24, 2.45) is 0 Å².